The summed E-state index contributed by atoms with van der Waals surface area (Å²) >= 11 is 0. The molecule has 0 spiro atoms. The lowest BCUT2D eigenvalue weighted by Gasteiger charge is -2.14. The molecule has 1 aliphatic heterocycles. The van der Waals surface area contributed by atoms with E-state index < -0.39 is 0 Å². The third kappa shape index (κ3) is 9.71. The van der Waals surface area contributed by atoms with E-state index in [-0.39, 0.29) is 0 Å². The van der Waals surface area contributed by atoms with E-state index in [0.717, 1.165) is 18.5 Å². The van der Waals surface area contributed by atoms with Crippen LogP contribution in [0.5, 0.6) is 0 Å². The molecule has 0 aromatic rings. The molecule has 0 N–H and O–H groups in total. The summed E-state index contributed by atoms with van der Waals surface area (Å²) in [5.74, 6) is 0.917. The summed E-state index contributed by atoms with van der Waals surface area (Å²) in [4.78, 5) is 8.49. The van der Waals surface area contributed by atoms with Crippen molar-refractivity contribution < 1.29 is 0 Å². The van der Waals surface area contributed by atoms with Crippen LogP contribution in [0.15, 0.2) is 9.98 Å². The van der Waals surface area contributed by atoms with Crippen LogP contribution >= 0.6 is 0 Å². The fourth-order valence-corrected chi connectivity index (χ4v) is 3.07. The smallest absolute Gasteiger partial charge is 0.0968 e. The van der Waals surface area contributed by atoms with Gasteiger partial charge in [-0.3, -0.25) is 0 Å². The molecule has 0 aliphatic carbocycles. The molecular weight excluding hydrogens is 256 g/mol. The first-order valence-corrected chi connectivity index (χ1v) is 9.29. The zero-order chi connectivity index (χ0) is 15.2. The molecule has 1 atom stereocenters. The quantitative estimate of drug-likeness (QED) is 0.263. The fraction of sp³-hybridized carbons (Fsp3) is 0.842. The summed E-state index contributed by atoms with van der Waals surface area (Å²) in [7, 11) is 0. The van der Waals surface area contributed by atoms with E-state index in [9.17, 15) is 0 Å². The lowest BCUT2D eigenvalue weighted by atomic mass is 9.92. The van der Waals surface area contributed by atoms with Gasteiger partial charge in [-0.25, -0.2) is 0 Å². The molecule has 2 heteroatoms. The molecule has 1 aliphatic rings. The minimum absolute atomic E-state index is 0.917. The van der Waals surface area contributed by atoms with Crippen molar-refractivity contribution in [3.05, 3.63) is 6.17 Å². The van der Waals surface area contributed by atoms with Crippen LogP contribution in [0.3, 0.4) is 0 Å². The van der Waals surface area contributed by atoms with Gasteiger partial charge in [0.1, 0.15) is 0 Å². The van der Waals surface area contributed by atoms with E-state index in [2.05, 4.69) is 23.8 Å². The maximum atomic E-state index is 4.24. The Balaban J connectivity index is 1.90. The molecule has 0 bridgehead atoms. The van der Waals surface area contributed by atoms with Crippen LogP contribution in [0, 0.1) is 12.1 Å². The lowest BCUT2D eigenvalue weighted by molar-refractivity contribution is 0.397. The van der Waals surface area contributed by atoms with Gasteiger partial charge in [0.25, 0.3) is 0 Å². The van der Waals surface area contributed by atoms with Gasteiger partial charge < -0.3 is 0 Å². The second-order valence-corrected chi connectivity index (χ2v) is 6.40. The van der Waals surface area contributed by atoms with Gasteiger partial charge >= 0.3 is 0 Å². The standard InChI is InChI=1S/C19H35N2/c1-3-5-6-7-8-9-10-11-13-18(4-2)14-12-15-19-20-16-17-21-19/h16-18H,3-15H2,1-2H3/q+1. The van der Waals surface area contributed by atoms with Crippen molar-refractivity contribution in [1.82, 2.24) is 0 Å². The number of rotatable bonds is 14. The third-order valence-electron chi connectivity index (χ3n) is 4.57. The molecule has 0 fully saturated rings. The monoisotopic (exact) mass is 291 g/mol. The van der Waals surface area contributed by atoms with Crippen LogP contribution in [0.25, 0.3) is 0 Å². The molecule has 0 aromatic carbocycles. The third-order valence-corrected chi connectivity index (χ3v) is 4.57. The minimum Gasteiger partial charge on any atom is -0.0968 e. The van der Waals surface area contributed by atoms with Crippen molar-refractivity contribution >= 4 is 12.4 Å². The van der Waals surface area contributed by atoms with Gasteiger partial charge in [-0.15, -0.1) is 0 Å². The molecule has 1 unspecified atom stereocenters. The summed E-state index contributed by atoms with van der Waals surface area (Å²) in [6.45, 7) is 4.63. The van der Waals surface area contributed by atoms with Crippen LogP contribution in [0.1, 0.15) is 97.3 Å². The number of hydrogen-bond acceptors (Lipinski definition) is 2. The lowest BCUT2D eigenvalue weighted by Crippen LogP contribution is -2.00. The first-order valence-electron chi connectivity index (χ1n) is 9.29. The zero-order valence-corrected chi connectivity index (χ0v) is 14.3. The van der Waals surface area contributed by atoms with Gasteiger partial charge in [-0.1, -0.05) is 88.0 Å². The number of nitrogens with zero attached hydrogens (tertiary/aromatic N) is 2. The van der Waals surface area contributed by atoms with Crippen LogP contribution in [-0.4, -0.2) is 12.4 Å². The highest BCUT2D eigenvalue weighted by Crippen LogP contribution is 2.23. The predicted octanol–water partition coefficient (Wildman–Crippen LogP) is 6.36. The second-order valence-electron chi connectivity index (χ2n) is 6.40. The molecule has 0 saturated carbocycles. The van der Waals surface area contributed by atoms with E-state index in [1.807, 2.05) is 0 Å². The molecule has 21 heavy (non-hydrogen) atoms. The molecule has 0 radical (unpaired) electrons. The summed E-state index contributed by atoms with van der Waals surface area (Å²) < 4.78 is 0. The van der Waals surface area contributed by atoms with E-state index in [0.29, 0.717) is 0 Å². The Morgan fingerprint density at radius 2 is 1.33 bits per heavy atom. The van der Waals surface area contributed by atoms with E-state index in [4.69, 9.17) is 0 Å². The molecular formula is C19H35N2+. The van der Waals surface area contributed by atoms with Crippen molar-refractivity contribution in [2.45, 2.75) is 97.3 Å². The van der Waals surface area contributed by atoms with E-state index >= 15 is 0 Å². The summed E-state index contributed by atoms with van der Waals surface area (Å²) in [5.41, 5.74) is 0. The number of unbranched alkanes of at least 4 members (excludes halogenated alkanes) is 7. The predicted molar refractivity (Wildman–Crippen MR) is 95.1 cm³/mol. The highest BCUT2D eigenvalue weighted by molar-refractivity contribution is 6.18. The number of aliphatic imine (C=N–C) groups is 2. The normalized spacial score (nSPS) is 15.0. The summed E-state index contributed by atoms with van der Waals surface area (Å²) in [6, 6.07) is 0. The molecule has 0 aromatic heterocycles. The molecule has 0 amide bonds. The van der Waals surface area contributed by atoms with Gasteiger partial charge in [0, 0.05) is 0 Å². The van der Waals surface area contributed by atoms with Gasteiger partial charge in [-0.2, -0.15) is 0 Å². The Hall–Kier alpha value is -0.790. The van der Waals surface area contributed by atoms with Gasteiger partial charge in [-0.05, 0) is 18.8 Å². The Morgan fingerprint density at radius 1 is 0.762 bits per heavy atom. The van der Waals surface area contributed by atoms with Gasteiger partial charge in [0.15, 0.2) is 12.4 Å². The van der Waals surface area contributed by atoms with Crippen LogP contribution in [-0.2, 0) is 0 Å². The van der Waals surface area contributed by atoms with Crippen molar-refractivity contribution in [2.75, 3.05) is 0 Å². The molecule has 0 saturated heterocycles. The molecule has 1 rings (SSSR count). The van der Waals surface area contributed by atoms with E-state index in [1.165, 1.54) is 77.0 Å². The highest BCUT2D eigenvalue weighted by atomic mass is 15.0. The summed E-state index contributed by atoms with van der Waals surface area (Å²) in [5, 5.41) is 0. The first-order chi connectivity index (χ1) is 10.4. The summed E-state index contributed by atoms with van der Waals surface area (Å²) in [6.07, 6.45) is 22.5. The van der Waals surface area contributed by atoms with Crippen LogP contribution in [0.4, 0.5) is 0 Å². The largest absolute Gasteiger partial charge is 0.240 e. The van der Waals surface area contributed by atoms with Crippen molar-refractivity contribution in [1.29, 1.82) is 0 Å². The Morgan fingerprint density at radius 3 is 1.95 bits per heavy atom. The molecule has 1 heterocycles. The topological polar surface area (TPSA) is 24.7 Å². The van der Waals surface area contributed by atoms with Crippen molar-refractivity contribution in [3.63, 3.8) is 0 Å². The highest BCUT2D eigenvalue weighted by Gasteiger charge is 2.16. The minimum atomic E-state index is 0.917. The SMILES string of the molecule is CCCCCCCCCCC(CC)CCC[C+]1N=CC=N1. The first kappa shape index (κ1) is 18.3. The zero-order valence-electron chi connectivity index (χ0n) is 14.3. The van der Waals surface area contributed by atoms with Gasteiger partial charge in [0.05, 0.1) is 6.42 Å². The van der Waals surface area contributed by atoms with Crippen molar-refractivity contribution in [3.8, 4) is 0 Å². The Bertz CT molecular complexity index is 271. The fourth-order valence-electron chi connectivity index (χ4n) is 3.07. The maximum absolute atomic E-state index is 4.24. The van der Waals surface area contributed by atoms with Gasteiger partial charge in [0.2, 0.25) is 6.17 Å². The maximum Gasteiger partial charge on any atom is 0.240 e. The number of hydrogen-bond donors (Lipinski definition) is 0. The molecule has 2 nitrogen and oxygen atoms in total. The van der Waals surface area contributed by atoms with Crippen molar-refractivity contribution in [2.24, 2.45) is 15.9 Å². The van der Waals surface area contributed by atoms with E-state index in [1.54, 1.807) is 12.4 Å². The molecule has 120 valence electrons. The Kier molecular flexibility index (Phi) is 11.2. The average molecular weight is 292 g/mol. The second kappa shape index (κ2) is 12.9. The van der Waals surface area contributed by atoms with Crippen LogP contribution < -0.4 is 0 Å². The average Bonchev–Trinajstić information content (AvgIpc) is 3.01. The van der Waals surface area contributed by atoms with Crippen LogP contribution in [0.2, 0.25) is 0 Å². The Labute approximate surface area is 132 Å².